The fraction of sp³-hybridized carbons (Fsp3) is 0.726. The molecule has 0 bridgehead atoms. The molecule has 0 aromatic heterocycles. The Morgan fingerprint density at radius 2 is 0.603 bits per heavy atom. The number of allylic oxidation sites excluding steroid dienone is 14. The van der Waals surface area contributed by atoms with Crippen LogP contribution in [0.1, 0.15) is 271 Å². The molecule has 0 rings (SSSR count). The summed E-state index contributed by atoms with van der Waals surface area (Å²) in [6.45, 7) is 6.46. The Morgan fingerprint density at radius 3 is 1.00 bits per heavy atom. The summed E-state index contributed by atoms with van der Waals surface area (Å²) in [5.74, 6) is -0.984. The average Bonchev–Trinajstić information content (AvgIpc) is 3.34. The minimum absolute atomic E-state index is 0.100. The van der Waals surface area contributed by atoms with Gasteiger partial charge in [-0.05, 0) is 83.5 Å². The van der Waals surface area contributed by atoms with E-state index in [0.717, 1.165) is 77.0 Å². The van der Waals surface area contributed by atoms with Crippen LogP contribution in [0.2, 0.25) is 0 Å². The van der Waals surface area contributed by atoms with Crippen molar-refractivity contribution < 1.29 is 28.6 Å². The van der Waals surface area contributed by atoms with Gasteiger partial charge in [0.1, 0.15) is 13.2 Å². The molecule has 0 aliphatic carbocycles. The third-order valence-electron chi connectivity index (χ3n) is 12.1. The summed E-state index contributed by atoms with van der Waals surface area (Å²) in [6.07, 6.45) is 72.9. The highest BCUT2D eigenvalue weighted by Crippen LogP contribution is 2.16. The summed E-state index contributed by atoms with van der Waals surface area (Å²) < 4.78 is 16.8. The van der Waals surface area contributed by atoms with Crippen molar-refractivity contribution >= 4 is 17.9 Å². The molecule has 6 nitrogen and oxygen atoms in total. The Morgan fingerprint density at radius 1 is 0.309 bits per heavy atom. The Kier molecular flexibility index (Phi) is 53.4. The van der Waals surface area contributed by atoms with Crippen molar-refractivity contribution in [2.24, 2.45) is 0 Å². The molecule has 0 aliphatic rings. The number of hydrogen-bond acceptors (Lipinski definition) is 6. The predicted octanol–water partition coefficient (Wildman–Crippen LogP) is 19.2. The molecule has 68 heavy (non-hydrogen) atoms. The first-order valence-electron chi connectivity index (χ1n) is 28.6. The Balaban J connectivity index is 4.48. The highest BCUT2D eigenvalue weighted by Gasteiger charge is 2.19. The summed E-state index contributed by atoms with van der Waals surface area (Å²) >= 11 is 0. The molecular weight excluding hydrogens is 841 g/mol. The lowest BCUT2D eigenvalue weighted by molar-refractivity contribution is -0.166. The number of carbonyl (C=O) groups excluding carboxylic acids is 3. The van der Waals surface area contributed by atoms with Gasteiger partial charge >= 0.3 is 17.9 Å². The van der Waals surface area contributed by atoms with Gasteiger partial charge in [0.2, 0.25) is 0 Å². The number of ether oxygens (including phenoxy) is 3. The molecule has 0 fully saturated rings. The van der Waals surface area contributed by atoms with Crippen LogP contribution in [0.3, 0.4) is 0 Å². The van der Waals surface area contributed by atoms with Gasteiger partial charge < -0.3 is 14.2 Å². The van der Waals surface area contributed by atoms with Gasteiger partial charge in [-0.3, -0.25) is 14.4 Å². The van der Waals surface area contributed by atoms with Crippen molar-refractivity contribution in [2.45, 2.75) is 277 Å². The molecule has 0 heterocycles. The second-order valence-electron chi connectivity index (χ2n) is 18.8. The van der Waals surface area contributed by atoms with Crippen molar-refractivity contribution in [1.82, 2.24) is 0 Å². The third-order valence-corrected chi connectivity index (χ3v) is 12.1. The normalized spacial score (nSPS) is 12.7. The molecule has 0 aliphatic heterocycles. The topological polar surface area (TPSA) is 78.9 Å². The minimum atomic E-state index is -0.807. The molecule has 0 amide bonds. The fourth-order valence-electron chi connectivity index (χ4n) is 7.88. The zero-order valence-electron chi connectivity index (χ0n) is 44.6. The first kappa shape index (κ1) is 64.6. The molecule has 6 heteroatoms. The smallest absolute Gasteiger partial charge is 0.306 e. The second-order valence-corrected chi connectivity index (χ2v) is 18.8. The molecule has 0 aromatic rings. The van der Waals surface area contributed by atoms with E-state index >= 15 is 0 Å². The number of rotatable bonds is 51. The lowest BCUT2D eigenvalue weighted by Gasteiger charge is -2.18. The van der Waals surface area contributed by atoms with Gasteiger partial charge in [0.25, 0.3) is 0 Å². The van der Waals surface area contributed by atoms with E-state index in [4.69, 9.17) is 14.2 Å². The van der Waals surface area contributed by atoms with Crippen LogP contribution in [0, 0.1) is 0 Å². The van der Waals surface area contributed by atoms with Crippen LogP contribution in [0.25, 0.3) is 0 Å². The Bertz CT molecular complexity index is 1320. The quantitative estimate of drug-likeness (QED) is 0.0262. The van der Waals surface area contributed by atoms with E-state index in [-0.39, 0.29) is 37.5 Å². The molecule has 0 aromatic carbocycles. The number of carbonyl (C=O) groups is 3. The van der Waals surface area contributed by atoms with Gasteiger partial charge in [0, 0.05) is 19.3 Å². The molecule has 0 N–H and O–H groups in total. The lowest BCUT2D eigenvalue weighted by atomic mass is 10.0. The zero-order chi connectivity index (χ0) is 49.3. The Hall–Kier alpha value is -3.41. The van der Waals surface area contributed by atoms with Crippen molar-refractivity contribution in [3.05, 3.63) is 85.1 Å². The largest absolute Gasteiger partial charge is 0.462 e. The highest BCUT2D eigenvalue weighted by molar-refractivity contribution is 5.71. The van der Waals surface area contributed by atoms with E-state index in [9.17, 15) is 14.4 Å². The van der Waals surface area contributed by atoms with Crippen molar-refractivity contribution in [3.63, 3.8) is 0 Å². The second kappa shape index (κ2) is 56.2. The first-order chi connectivity index (χ1) is 33.5. The molecular formula is C62H106O6. The molecule has 0 saturated carbocycles. The maximum absolute atomic E-state index is 12.8. The highest BCUT2D eigenvalue weighted by atomic mass is 16.6. The molecule has 0 radical (unpaired) electrons. The van der Waals surface area contributed by atoms with E-state index in [1.807, 2.05) is 6.08 Å². The fourth-order valence-corrected chi connectivity index (χ4v) is 7.88. The number of unbranched alkanes of at least 4 members (excludes halogenated alkanes) is 26. The summed E-state index contributed by atoms with van der Waals surface area (Å²) in [6, 6.07) is 0. The van der Waals surface area contributed by atoms with Gasteiger partial charge in [-0.15, -0.1) is 0 Å². The van der Waals surface area contributed by atoms with Gasteiger partial charge in [0.15, 0.2) is 6.10 Å². The van der Waals surface area contributed by atoms with Crippen LogP contribution in [0.15, 0.2) is 85.1 Å². The van der Waals surface area contributed by atoms with E-state index in [0.29, 0.717) is 19.3 Å². The first-order valence-corrected chi connectivity index (χ1v) is 28.6. The summed E-state index contributed by atoms with van der Waals surface area (Å²) in [7, 11) is 0. The van der Waals surface area contributed by atoms with Crippen molar-refractivity contribution in [1.29, 1.82) is 0 Å². The van der Waals surface area contributed by atoms with Gasteiger partial charge in [-0.25, -0.2) is 0 Å². The number of esters is 3. The SMILES string of the molecule is CC/C=C/C/C=C/C/C=C/C/C=C/C/C=C/C/C=C/CCC(=O)OC[C@@H](COC(=O)CCCCCCCCC/C=C/CCCCCC)OC(=O)CCCCCCCCCCCCCCCCCC. The van der Waals surface area contributed by atoms with E-state index < -0.39 is 6.10 Å². The monoisotopic (exact) mass is 947 g/mol. The predicted molar refractivity (Wildman–Crippen MR) is 293 cm³/mol. The number of hydrogen-bond donors (Lipinski definition) is 0. The van der Waals surface area contributed by atoms with E-state index in [2.05, 4.69) is 99.8 Å². The van der Waals surface area contributed by atoms with Gasteiger partial charge in [-0.1, -0.05) is 254 Å². The zero-order valence-corrected chi connectivity index (χ0v) is 44.6. The van der Waals surface area contributed by atoms with Crippen LogP contribution in [-0.4, -0.2) is 37.2 Å². The molecule has 0 unspecified atom stereocenters. The molecule has 0 spiro atoms. The molecule has 1 atom stereocenters. The van der Waals surface area contributed by atoms with Gasteiger partial charge in [0.05, 0.1) is 0 Å². The van der Waals surface area contributed by atoms with Crippen LogP contribution in [0.5, 0.6) is 0 Å². The van der Waals surface area contributed by atoms with E-state index in [1.165, 1.54) is 148 Å². The summed E-state index contributed by atoms with van der Waals surface area (Å²) in [5.41, 5.74) is 0. The van der Waals surface area contributed by atoms with Crippen molar-refractivity contribution in [2.75, 3.05) is 13.2 Å². The van der Waals surface area contributed by atoms with E-state index in [1.54, 1.807) is 0 Å². The summed E-state index contributed by atoms with van der Waals surface area (Å²) in [4.78, 5) is 38.1. The third kappa shape index (κ3) is 53.5. The minimum Gasteiger partial charge on any atom is -0.462 e. The van der Waals surface area contributed by atoms with Crippen molar-refractivity contribution in [3.8, 4) is 0 Å². The van der Waals surface area contributed by atoms with Crippen LogP contribution in [0.4, 0.5) is 0 Å². The average molecular weight is 948 g/mol. The standard InChI is InChI=1S/C62H106O6/c1-4-7-10-13-16-19-22-25-28-30-31-32-35-37-40-43-46-49-52-55-61(64)67-58-59(57-66-60(63)54-51-48-45-42-39-36-33-27-24-21-18-15-12-9-6-3)68-62(65)56-53-50-47-44-41-38-34-29-26-23-20-17-14-11-8-5-2/h7,10,16,19,21,24-25,28,31-32,37,40,46,49,59H,4-6,8-9,11-15,17-18,20,22-23,26-27,29-30,33-36,38-39,41-45,47-48,50-58H2,1-3H3/b10-7+,19-16+,24-21+,28-25+,32-31+,40-37+,49-46+/t59-/m1/s1. The lowest BCUT2D eigenvalue weighted by Crippen LogP contribution is -2.30. The van der Waals surface area contributed by atoms with Crippen LogP contribution in [-0.2, 0) is 28.6 Å². The van der Waals surface area contributed by atoms with Gasteiger partial charge in [-0.2, -0.15) is 0 Å². The molecule has 0 saturated heterocycles. The Labute approximate surface area is 420 Å². The maximum atomic E-state index is 12.8. The van der Waals surface area contributed by atoms with Crippen LogP contribution >= 0.6 is 0 Å². The summed E-state index contributed by atoms with van der Waals surface area (Å²) in [5, 5.41) is 0. The maximum Gasteiger partial charge on any atom is 0.306 e. The van der Waals surface area contributed by atoms with Crippen LogP contribution < -0.4 is 0 Å². The molecule has 390 valence electrons.